The van der Waals surface area contributed by atoms with Gasteiger partial charge in [0, 0.05) is 6.08 Å². The van der Waals surface area contributed by atoms with Crippen LogP contribution in [0.3, 0.4) is 0 Å². The first-order valence-corrected chi connectivity index (χ1v) is 3.73. The molecule has 48 valence electrons. The van der Waals surface area contributed by atoms with Gasteiger partial charge in [-0.15, -0.1) is 11.3 Å². The number of aromatic nitrogens is 1. The smallest absolute Gasteiger partial charge is 0.0834 e. The van der Waals surface area contributed by atoms with Crippen LogP contribution in [0.15, 0.2) is 16.6 Å². The summed E-state index contributed by atoms with van der Waals surface area (Å²) in [6.07, 6.45) is 5.44. The first-order chi connectivity index (χ1) is 4.97. The van der Waals surface area contributed by atoms with Crippen molar-refractivity contribution in [2.24, 2.45) is 4.99 Å². The highest BCUT2D eigenvalue weighted by molar-refractivity contribution is 7.07. The predicted molar refractivity (Wildman–Crippen MR) is 42.3 cm³/mol. The van der Waals surface area contributed by atoms with Crippen LogP contribution in [0.4, 0.5) is 0 Å². The van der Waals surface area contributed by atoms with E-state index in [1.54, 1.807) is 23.6 Å². The number of rotatable bonds is 0. The van der Waals surface area contributed by atoms with Crippen LogP contribution in [0.2, 0.25) is 0 Å². The molecule has 1 aromatic heterocycles. The van der Waals surface area contributed by atoms with E-state index < -0.39 is 0 Å². The average molecular weight is 148 g/mol. The van der Waals surface area contributed by atoms with Crippen molar-refractivity contribution in [3.05, 3.63) is 21.5 Å². The molecule has 2 nitrogen and oxygen atoms in total. The number of hydrogen-bond donors (Lipinski definition) is 0. The highest BCUT2D eigenvalue weighted by Crippen LogP contribution is 1.79. The zero-order valence-corrected chi connectivity index (χ0v) is 5.93. The Labute approximate surface area is 61.6 Å². The fraction of sp³-hybridized carbons (Fsp3) is 0. The molecule has 0 amide bonds. The first kappa shape index (κ1) is 5.59. The second-order valence-corrected chi connectivity index (χ2v) is 2.71. The molecule has 0 bridgehead atoms. The fourth-order valence-corrected chi connectivity index (χ4v) is 1.38. The van der Waals surface area contributed by atoms with Gasteiger partial charge in [-0.05, 0) is 11.9 Å². The molecular weight excluding hydrogens is 144 g/mol. The Morgan fingerprint density at radius 3 is 3.50 bits per heavy atom. The zero-order valence-electron chi connectivity index (χ0n) is 5.11. The summed E-state index contributed by atoms with van der Waals surface area (Å²) in [7, 11) is 0. The van der Waals surface area contributed by atoms with Crippen molar-refractivity contribution in [1.29, 1.82) is 0 Å². The molecule has 0 N–H and O–H groups in total. The Bertz CT molecular complexity index is 373. The molecule has 1 aliphatic rings. The zero-order chi connectivity index (χ0) is 6.81. The second kappa shape index (κ2) is 2.21. The van der Waals surface area contributed by atoms with Crippen LogP contribution in [0.25, 0.3) is 12.3 Å². The van der Waals surface area contributed by atoms with Gasteiger partial charge >= 0.3 is 0 Å². The van der Waals surface area contributed by atoms with Gasteiger partial charge < -0.3 is 0 Å². The molecule has 3 heteroatoms. The van der Waals surface area contributed by atoms with E-state index in [9.17, 15) is 0 Å². The Hall–Kier alpha value is -1.18. The number of fused-ring (bicyclic) bond motifs is 1. The van der Waals surface area contributed by atoms with Crippen molar-refractivity contribution in [1.82, 2.24) is 4.98 Å². The highest BCUT2D eigenvalue weighted by Gasteiger charge is 1.86. The third kappa shape index (κ3) is 0.817. The van der Waals surface area contributed by atoms with Gasteiger partial charge in [0.15, 0.2) is 0 Å². The molecule has 1 aromatic rings. The molecule has 0 spiro atoms. The van der Waals surface area contributed by atoms with E-state index in [0.29, 0.717) is 0 Å². The van der Waals surface area contributed by atoms with Crippen LogP contribution in [-0.2, 0) is 0 Å². The first-order valence-electron chi connectivity index (χ1n) is 2.85. The van der Waals surface area contributed by atoms with Crippen LogP contribution < -0.4 is 9.88 Å². The van der Waals surface area contributed by atoms with Gasteiger partial charge in [0.25, 0.3) is 0 Å². The summed E-state index contributed by atoms with van der Waals surface area (Å²) in [6.45, 7) is 0. The Balaban J connectivity index is 2.94. The van der Waals surface area contributed by atoms with Crippen LogP contribution in [0, 0.1) is 0 Å². The molecule has 2 heterocycles. The van der Waals surface area contributed by atoms with Crippen molar-refractivity contribution < 1.29 is 0 Å². The summed E-state index contributed by atoms with van der Waals surface area (Å²) in [5.74, 6) is 2.74. The van der Waals surface area contributed by atoms with Crippen molar-refractivity contribution in [2.45, 2.75) is 0 Å². The maximum atomic E-state index is 4.12. The third-order valence-electron chi connectivity index (χ3n) is 1.20. The minimum absolute atomic E-state index is 0.985. The number of thiazole rings is 1. The molecule has 0 fully saturated rings. The van der Waals surface area contributed by atoms with E-state index in [1.165, 1.54) is 0 Å². The summed E-state index contributed by atoms with van der Waals surface area (Å²) >= 11 is 1.59. The topological polar surface area (TPSA) is 25.2 Å². The van der Waals surface area contributed by atoms with Crippen molar-refractivity contribution in [3.8, 4) is 0 Å². The van der Waals surface area contributed by atoms with Crippen LogP contribution >= 0.6 is 11.3 Å². The molecule has 0 saturated carbocycles. The minimum Gasteiger partial charge on any atom is -0.245 e. The summed E-state index contributed by atoms with van der Waals surface area (Å²) in [5.41, 5.74) is 1.81. The lowest BCUT2D eigenvalue weighted by molar-refractivity contribution is 1.32. The Morgan fingerprint density at radius 1 is 1.50 bits per heavy atom. The Kier molecular flexibility index (Phi) is 1.24. The van der Waals surface area contributed by atoms with Gasteiger partial charge in [-0.25, -0.2) is 9.98 Å². The number of nitrogens with zero attached hydrogens (tertiary/aromatic N) is 2. The number of hydrogen-bond acceptors (Lipinski definition) is 3. The predicted octanol–water partition coefficient (Wildman–Crippen LogP) is -0.0989. The lowest BCUT2D eigenvalue weighted by Crippen LogP contribution is -2.19. The maximum absolute atomic E-state index is 4.12. The Morgan fingerprint density at radius 2 is 2.50 bits per heavy atom. The van der Waals surface area contributed by atoms with Gasteiger partial charge in [-0.1, -0.05) is 0 Å². The maximum Gasteiger partial charge on any atom is 0.0834 e. The van der Waals surface area contributed by atoms with Crippen molar-refractivity contribution in [2.75, 3.05) is 0 Å². The molecule has 0 radical (unpaired) electrons. The quantitative estimate of drug-likeness (QED) is 0.504. The summed E-state index contributed by atoms with van der Waals surface area (Å²) in [6, 6.07) is 0. The molecule has 0 aliphatic carbocycles. The highest BCUT2D eigenvalue weighted by atomic mass is 32.1. The van der Waals surface area contributed by atoms with E-state index in [-0.39, 0.29) is 0 Å². The average Bonchev–Trinajstić information content (AvgIpc) is 2.28. The summed E-state index contributed by atoms with van der Waals surface area (Å²) < 4.78 is 1.10. The molecule has 0 aromatic carbocycles. The summed E-state index contributed by atoms with van der Waals surface area (Å²) in [5, 5.41) is 0.985. The largest absolute Gasteiger partial charge is 0.245 e. The second-order valence-electron chi connectivity index (χ2n) is 1.82. The lowest BCUT2D eigenvalue weighted by atomic mass is 10.5. The van der Waals surface area contributed by atoms with Crippen molar-refractivity contribution in [3.63, 3.8) is 0 Å². The lowest BCUT2D eigenvalue weighted by Gasteiger charge is -1.67. The monoisotopic (exact) mass is 148 g/mol. The molecule has 2 rings (SSSR count). The molecule has 1 aliphatic heterocycles. The van der Waals surface area contributed by atoms with Gasteiger partial charge in [0.05, 0.1) is 21.6 Å². The fourth-order valence-electron chi connectivity index (χ4n) is 0.741. The van der Waals surface area contributed by atoms with E-state index in [2.05, 4.69) is 15.8 Å². The van der Waals surface area contributed by atoms with Crippen LogP contribution in [0.5, 0.6) is 0 Å². The van der Waals surface area contributed by atoms with Gasteiger partial charge in [-0.3, -0.25) is 0 Å². The van der Waals surface area contributed by atoms with Crippen LogP contribution in [-0.4, -0.2) is 10.9 Å². The molecule has 10 heavy (non-hydrogen) atoms. The molecule has 0 unspecified atom stereocenters. The molecule has 0 atom stereocenters. The van der Waals surface area contributed by atoms with Gasteiger partial charge in [0.1, 0.15) is 0 Å². The van der Waals surface area contributed by atoms with Crippen molar-refractivity contribution >= 4 is 29.5 Å². The SMILES string of the molecule is C1=CC=c2ncsc2=CN=1. The van der Waals surface area contributed by atoms with E-state index in [4.69, 9.17) is 0 Å². The number of allylic oxidation sites excluding steroid dienone is 1. The minimum atomic E-state index is 0.985. The van der Waals surface area contributed by atoms with Crippen LogP contribution in [0.1, 0.15) is 0 Å². The van der Waals surface area contributed by atoms with Gasteiger partial charge in [0.2, 0.25) is 0 Å². The van der Waals surface area contributed by atoms with E-state index >= 15 is 0 Å². The third-order valence-corrected chi connectivity index (χ3v) is 1.98. The normalized spacial score (nSPS) is 13.2. The molecular formula is C7H4N2S. The van der Waals surface area contributed by atoms with Gasteiger partial charge in [-0.2, -0.15) is 0 Å². The standard InChI is InChI=1S/C7H4N2S/c1-2-6-7(4-8-3-1)10-5-9-6/h1-2,4-5H. The van der Waals surface area contributed by atoms with E-state index in [0.717, 1.165) is 9.88 Å². The number of aliphatic imine (C=N–C) groups is 1. The molecule has 0 saturated heterocycles. The summed E-state index contributed by atoms with van der Waals surface area (Å²) in [4.78, 5) is 8.01. The van der Waals surface area contributed by atoms with E-state index in [1.807, 2.05) is 11.6 Å².